The molecule has 28 heavy (non-hydrogen) atoms. The molecule has 3 rings (SSSR count). The van der Waals surface area contributed by atoms with Gasteiger partial charge in [-0.15, -0.1) is 0 Å². The molecule has 0 aliphatic heterocycles. The van der Waals surface area contributed by atoms with Crippen molar-refractivity contribution in [2.45, 2.75) is 63.8 Å². The highest BCUT2D eigenvalue weighted by atomic mass is 31.2. The Morgan fingerprint density at radius 2 is 1.86 bits per heavy atom. The van der Waals surface area contributed by atoms with Gasteiger partial charge in [0, 0.05) is 7.11 Å². The number of methoxy groups -OCH3 is 2. The van der Waals surface area contributed by atoms with Crippen LogP contribution in [0.3, 0.4) is 0 Å². The minimum absolute atomic E-state index is 0.116. The summed E-state index contributed by atoms with van der Waals surface area (Å²) in [6.07, 6.45) is 3.47. The van der Waals surface area contributed by atoms with Crippen LogP contribution >= 0.6 is 7.52 Å². The second-order valence-electron chi connectivity index (χ2n) is 8.41. The van der Waals surface area contributed by atoms with E-state index in [1.807, 2.05) is 12.1 Å². The van der Waals surface area contributed by atoms with Crippen LogP contribution in [-0.2, 0) is 18.8 Å². The van der Waals surface area contributed by atoms with Crippen molar-refractivity contribution in [1.82, 2.24) is 5.09 Å². The van der Waals surface area contributed by atoms with E-state index in [4.69, 9.17) is 14.0 Å². The second kappa shape index (κ2) is 8.17. The Labute approximate surface area is 167 Å². The predicted octanol–water partition coefficient (Wildman–Crippen LogP) is 4.79. The molecule has 2 atom stereocenters. The number of esters is 1. The van der Waals surface area contributed by atoms with E-state index in [9.17, 15) is 9.36 Å². The summed E-state index contributed by atoms with van der Waals surface area (Å²) in [4.78, 5) is 12.2. The second-order valence-corrected chi connectivity index (χ2v) is 10.4. The van der Waals surface area contributed by atoms with Gasteiger partial charge in [0.05, 0.1) is 7.11 Å². The van der Waals surface area contributed by atoms with Gasteiger partial charge >= 0.3 is 13.5 Å². The molecule has 1 N–H and O–H groups in total. The van der Waals surface area contributed by atoms with E-state index in [0.717, 1.165) is 11.1 Å². The summed E-state index contributed by atoms with van der Waals surface area (Å²) in [5, 5.41) is 2.99. The van der Waals surface area contributed by atoms with Crippen LogP contribution in [-0.4, -0.2) is 32.1 Å². The van der Waals surface area contributed by atoms with Gasteiger partial charge in [-0.05, 0) is 54.6 Å². The first-order chi connectivity index (χ1) is 13.2. The molecule has 2 aliphatic carbocycles. The van der Waals surface area contributed by atoms with E-state index in [-0.39, 0.29) is 12.3 Å². The van der Waals surface area contributed by atoms with Crippen molar-refractivity contribution in [3.63, 3.8) is 0 Å². The van der Waals surface area contributed by atoms with Crippen LogP contribution in [0.2, 0.25) is 0 Å². The van der Waals surface area contributed by atoms with Crippen LogP contribution in [0.1, 0.15) is 69.4 Å². The standard InChI is InChI=1S/C21H32NO5P/c1-14(2)17-7-6-8-18(15(3)16-9-10-16)19(17)27-28(24,13-25-4)22-21(11-12-21)20(23)26-5/h6-8,14-16H,9-13H2,1-5H3,(H,22,24)/t15-,28?/m1/s1. The lowest BCUT2D eigenvalue weighted by atomic mass is 9.90. The Balaban J connectivity index is 1.96. The maximum absolute atomic E-state index is 13.7. The molecule has 0 amide bonds. The van der Waals surface area contributed by atoms with E-state index in [2.05, 4.69) is 31.9 Å². The molecule has 2 aliphatic rings. The predicted molar refractivity (Wildman–Crippen MR) is 109 cm³/mol. The topological polar surface area (TPSA) is 73.9 Å². The molecule has 0 aromatic heterocycles. The molecule has 0 saturated heterocycles. The van der Waals surface area contributed by atoms with E-state index < -0.39 is 19.0 Å². The summed E-state index contributed by atoms with van der Waals surface area (Å²) in [5.41, 5.74) is 1.17. The zero-order valence-corrected chi connectivity index (χ0v) is 18.4. The van der Waals surface area contributed by atoms with Gasteiger partial charge < -0.3 is 14.0 Å². The highest BCUT2D eigenvalue weighted by molar-refractivity contribution is 7.57. The zero-order valence-electron chi connectivity index (χ0n) is 17.5. The number of hydrogen-bond acceptors (Lipinski definition) is 5. The number of carbonyl (C=O) groups is 1. The summed E-state index contributed by atoms with van der Waals surface area (Å²) in [6.45, 7) is 6.40. The number of hydrogen-bond donors (Lipinski definition) is 1. The van der Waals surface area contributed by atoms with Gasteiger partial charge in [0.15, 0.2) is 0 Å². The molecular formula is C21H32NO5P. The zero-order chi connectivity index (χ0) is 20.5. The van der Waals surface area contributed by atoms with E-state index in [0.29, 0.717) is 30.4 Å². The Morgan fingerprint density at radius 3 is 2.36 bits per heavy atom. The van der Waals surface area contributed by atoms with Crippen LogP contribution in [0.15, 0.2) is 18.2 Å². The average molecular weight is 409 g/mol. The van der Waals surface area contributed by atoms with Gasteiger partial charge in [0.25, 0.3) is 0 Å². The lowest BCUT2D eigenvalue weighted by Gasteiger charge is -2.28. The Hall–Kier alpha value is -1.36. The van der Waals surface area contributed by atoms with Gasteiger partial charge in [-0.2, -0.15) is 0 Å². The third-order valence-electron chi connectivity index (χ3n) is 5.77. The van der Waals surface area contributed by atoms with Gasteiger partial charge in [0.2, 0.25) is 0 Å². The lowest BCUT2D eigenvalue weighted by Crippen LogP contribution is -2.39. The fourth-order valence-electron chi connectivity index (χ4n) is 3.75. The molecule has 1 aromatic rings. The molecule has 2 saturated carbocycles. The van der Waals surface area contributed by atoms with Crippen molar-refractivity contribution in [3.8, 4) is 5.75 Å². The van der Waals surface area contributed by atoms with Crippen molar-refractivity contribution < 1.29 is 23.4 Å². The quantitative estimate of drug-likeness (QED) is 0.442. The monoisotopic (exact) mass is 409 g/mol. The van der Waals surface area contributed by atoms with Crippen LogP contribution in [0.25, 0.3) is 0 Å². The van der Waals surface area contributed by atoms with Crippen LogP contribution in [0.5, 0.6) is 5.75 Å². The summed E-state index contributed by atoms with van der Waals surface area (Å²) in [7, 11) is -0.657. The molecule has 6 nitrogen and oxygen atoms in total. The first-order valence-corrected chi connectivity index (χ1v) is 11.8. The molecule has 0 radical (unpaired) electrons. The largest absolute Gasteiger partial charge is 0.468 e. The van der Waals surface area contributed by atoms with E-state index in [1.165, 1.54) is 27.1 Å². The van der Waals surface area contributed by atoms with Crippen LogP contribution in [0.4, 0.5) is 0 Å². The summed E-state index contributed by atoms with van der Waals surface area (Å²) in [6, 6.07) is 6.13. The van der Waals surface area contributed by atoms with Crippen molar-refractivity contribution in [2.24, 2.45) is 5.92 Å². The number of benzene rings is 1. The number of para-hydroxylation sites is 1. The minimum Gasteiger partial charge on any atom is -0.468 e. The van der Waals surface area contributed by atoms with Crippen molar-refractivity contribution in [1.29, 1.82) is 0 Å². The third-order valence-corrected chi connectivity index (χ3v) is 7.61. The molecular weight excluding hydrogens is 377 g/mol. The molecule has 156 valence electrons. The fourth-order valence-corrected chi connectivity index (χ4v) is 5.72. The van der Waals surface area contributed by atoms with Crippen molar-refractivity contribution in [2.75, 3.05) is 20.6 Å². The minimum atomic E-state index is -3.48. The highest BCUT2D eigenvalue weighted by Crippen LogP contribution is 2.54. The Kier molecular flexibility index (Phi) is 6.23. The van der Waals surface area contributed by atoms with E-state index in [1.54, 1.807) is 0 Å². The average Bonchev–Trinajstić information content (AvgIpc) is 3.55. The van der Waals surface area contributed by atoms with Crippen molar-refractivity contribution in [3.05, 3.63) is 29.3 Å². The maximum atomic E-state index is 13.7. The Morgan fingerprint density at radius 1 is 1.21 bits per heavy atom. The number of rotatable bonds is 10. The lowest BCUT2D eigenvalue weighted by molar-refractivity contribution is -0.143. The molecule has 1 unspecified atom stereocenters. The first-order valence-electron chi connectivity index (χ1n) is 10.0. The van der Waals surface area contributed by atoms with Gasteiger partial charge in [-0.25, -0.2) is 5.09 Å². The summed E-state index contributed by atoms with van der Waals surface area (Å²) < 4.78 is 30.1. The fraction of sp³-hybridized carbons (Fsp3) is 0.667. The SMILES string of the molecule is COCP(=O)(NC1(C(=O)OC)CC1)Oc1c(C(C)C)cccc1[C@H](C)C1CC1. The summed E-state index contributed by atoms with van der Waals surface area (Å²) >= 11 is 0. The Bertz CT molecular complexity index is 770. The van der Waals surface area contributed by atoms with Crippen LogP contribution in [0, 0.1) is 5.92 Å². The van der Waals surface area contributed by atoms with Gasteiger partial charge in [0.1, 0.15) is 17.6 Å². The van der Waals surface area contributed by atoms with Crippen molar-refractivity contribution >= 4 is 13.5 Å². The van der Waals surface area contributed by atoms with Gasteiger partial charge in [-0.1, -0.05) is 39.0 Å². The molecule has 2 fully saturated rings. The highest BCUT2D eigenvalue weighted by Gasteiger charge is 2.55. The number of nitrogens with one attached hydrogen (secondary N) is 1. The smallest absolute Gasteiger partial charge is 0.342 e. The molecule has 0 heterocycles. The summed E-state index contributed by atoms with van der Waals surface area (Å²) in [5.74, 6) is 1.46. The van der Waals surface area contributed by atoms with E-state index >= 15 is 0 Å². The molecule has 0 bridgehead atoms. The molecule has 0 spiro atoms. The number of carbonyl (C=O) groups excluding carboxylic acids is 1. The third kappa shape index (κ3) is 4.45. The molecule has 7 heteroatoms. The number of ether oxygens (including phenoxy) is 2. The maximum Gasteiger partial charge on any atom is 0.342 e. The normalized spacial score (nSPS) is 21.1. The molecule has 1 aromatic carbocycles. The van der Waals surface area contributed by atoms with Crippen LogP contribution < -0.4 is 9.61 Å². The first kappa shape index (κ1) is 21.4. The van der Waals surface area contributed by atoms with Gasteiger partial charge in [-0.3, -0.25) is 9.36 Å².